The Kier molecular flexibility index (Phi) is 3.42. The smallest absolute Gasteiger partial charge is 0.417 e. The molecule has 1 heterocycles. The van der Waals surface area contributed by atoms with Gasteiger partial charge in [0.25, 0.3) is 5.88 Å². The Hall–Kier alpha value is -2.11. The van der Waals surface area contributed by atoms with Crippen LogP contribution in [0.1, 0.15) is 5.56 Å². The molecule has 100 valence electrons. The van der Waals surface area contributed by atoms with Crippen LogP contribution in [-0.4, -0.2) is 12.1 Å². The van der Waals surface area contributed by atoms with E-state index in [0.29, 0.717) is 0 Å². The molecule has 0 amide bonds. The first kappa shape index (κ1) is 13.3. The van der Waals surface area contributed by atoms with E-state index in [1.807, 2.05) is 0 Å². The van der Waals surface area contributed by atoms with Crippen LogP contribution in [0.2, 0.25) is 0 Å². The van der Waals surface area contributed by atoms with Crippen molar-refractivity contribution in [1.82, 2.24) is 4.98 Å². The molecule has 0 saturated heterocycles. The third kappa shape index (κ3) is 2.52. The molecule has 0 aliphatic carbocycles. The monoisotopic (exact) mass is 271 g/mol. The van der Waals surface area contributed by atoms with Crippen molar-refractivity contribution in [2.75, 3.05) is 7.11 Å². The van der Waals surface area contributed by atoms with Crippen molar-refractivity contribution in [3.05, 3.63) is 47.9 Å². The molecule has 0 bridgehead atoms. The van der Waals surface area contributed by atoms with Crippen LogP contribution in [0.4, 0.5) is 17.6 Å². The summed E-state index contributed by atoms with van der Waals surface area (Å²) in [6.07, 6.45) is -3.36. The molecule has 0 N–H and O–H groups in total. The van der Waals surface area contributed by atoms with E-state index in [9.17, 15) is 17.6 Å². The summed E-state index contributed by atoms with van der Waals surface area (Å²) in [7, 11) is 1.20. The lowest BCUT2D eigenvalue weighted by atomic mass is 10.00. The van der Waals surface area contributed by atoms with Crippen LogP contribution in [0, 0.1) is 5.82 Å². The molecule has 2 rings (SSSR count). The Labute approximate surface area is 106 Å². The quantitative estimate of drug-likeness (QED) is 0.772. The first-order valence-corrected chi connectivity index (χ1v) is 5.30. The van der Waals surface area contributed by atoms with Crippen molar-refractivity contribution in [3.8, 4) is 17.0 Å². The number of benzene rings is 1. The largest absolute Gasteiger partial charge is 0.479 e. The van der Waals surface area contributed by atoms with Crippen LogP contribution in [0.25, 0.3) is 11.1 Å². The molecule has 0 aliphatic heterocycles. The molecule has 2 aromatic rings. The van der Waals surface area contributed by atoms with Crippen molar-refractivity contribution < 1.29 is 22.3 Å². The predicted molar refractivity (Wildman–Crippen MR) is 61.2 cm³/mol. The zero-order valence-electron chi connectivity index (χ0n) is 9.83. The van der Waals surface area contributed by atoms with Crippen molar-refractivity contribution in [1.29, 1.82) is 0 Å². The third-order valence-electron chi connectivity index (χ3n) is 2.57. The van der Waals surface area contributed by atoms with Crippen LogP contribution in [0.5, 0.6) is 5.88 Å². The summed E-state index contributed by atoms with van der Waals surface area (Å²) in [5.74, 6) is -1.25. The van der Waals surface area contributed by atoms with E-state index in [1.165, 1.54) is 37.6 Å². The number of nitrogens with zero attached hydrogens (tertiary/aromatic N) is 1. The Morgan fingerprint density at radius 1 is 1.05 bits per heavy atom. The van der Waals surface area contributed by atoms with Gasteiger partial charge in [0.15, 0.2) is 5.82 Å². The molecule has 19 heavy (non-hydrogen) atoms. The standard InChI is InChI=1S/C13H9F4NO/c1-19-12-11(14)9(6-7-18-12)8-4-2-3-5-10(8)13(15,16)17/h2-7H,1H3. The van der Waals surface area contributed by atoms with Crippen LogP contribution >= 0.6 is 0 Å². The van der Waals surface area contributed by atoms with Gasteiger partial charge in [-0.1, -0.05) is 18.2 Å². The molecule has 1 aromatic heterocycles. The van der Waals surface area contributed by atoms with E-state index in [-0.39, 0.29) is 17.0 Å². The highest BCUT2D eigenvalue weighted by atomic mass is 19.4. The van der Waals surface area contributed by atoms with Crippen LogP contribution in [0.3, 0.4) is 0 Å². The van der Waals surface area contributed by atoms with E-state index in [4.69, 9.17) is 0 Å². The number of methoxy groups -OCH3 is 1. The number of ether oxygens (including phenoxy) is 1. The van der Waals surface area contributed by atoms with Gasteiger partial charge in [0.2, 0.25) is 0 Å². The van der Waals surface area contributed by atoms with Gasteiger partial charge in [0.1, 0.15) is 0 Å². The lowest BCUT2D eigenvalue weighted by Crippen LogP contribution is -2.07. The fraction of sp³-hybridized carbons (Fsp3) is 0.154. The summed E-state index contributed by atoms with van der Waals surface area (Å²) >= 11 is 0. The molecule has 1 aromatic carbocycles. The fourth-order valence-electron chi connectivity index (χ4n) is 1.74. The minimum absolute atomic E-state index is 0.195. The third-order valence-corrected chi connectivity index (χ3v) is 2.57. The van der Waals surface area contributed by atoms with Crippen molar-refractivity contribution in [2.24, 2.45) is 0 Å². The molecule has 0 fully saturated rings. The van der Waals surface area contributed by atoms with Gasteiger partial charge in [-0.05, 0) is 17.7 Å². The van der Waals surface area contributed by atoms with Gasteiger partial charge in [-0.3, -0.25) is 0 Å². The van der Waals surface area contributed by atoms with E-state index >= 15 is 0 Å². The second-order valence-electron chi connectivity index (χ2n) is 3.73. The number of aromatic nitrogens is 1. The second-order valence-corrected chi connectivity index (χ2v) is 3.73. The molecule has 6 heteroatoms. The molecule has 0 unspecified atom stereocenters. The van der Waals surface area contributed by atoms with Crippen LogP contribution in [-0.2, 0) is 6.18 Å². The topological polar surface area (TPSA) is 22.1 Å². The summed E-state index contributed by atoms with van der Waals surface area (Å²) in [6.45, 7) is 0. The Bertz CT molecular complexity index is 595. The zero-order valence-corrected chi connectivity index (χ0v) is 9.83. The van der Waals surface area contributed by atoms with Crippen molar-refractivity contribution in [2.45, 2.75) is 6.18 Å². The minimum atomic E-state index is -4.56. The molecule has 0 saturated carbocycles. The predicted octanol–water partition coefficient (Wildman–Crippen LogP) is 3.92. The highest BCUT2D eigenvalue weighted by molar-refractivity contribution is 5.69. The van der Waals surface area contributed by atoms with Gasteiger partial charge in [0, 0.05) is 11.8 Å². The highest BCUT2D eigenvalue weighted by Gasteiger charge is 2.34. The lowest BCUT2D eigenvalue weighted by molar-refractivity contribution is -0.137. The number of pyridine rings is 1. The van der Waals surface area contributed by atoms with Crippen molar-refractivity contribution >= 4 is 0 Å². The average molecular weight is 271 g/mol. The molecule has 0 atom stereocenters. The Morgan fingerprint density at radius 2 is 1.74 bits per heavy atom. The number of alkyl halides is 3. The van der Waals surface area contributed by atoms with Crippen molar-refractivity contribution in [3.63, 3.8) is 0 Å². The Balaban J connectivity index is 2.67. The maximum absolute atomic E-state index is 14.0. The van der Waals surface area contributed by atoms with Gasteiger partial charge >= 0.3 is 6.18 Å². The van der Waals surface area contributed by atoms with E-state index in [1.54, 1.807) is 0 Å². The lowest BCUT2D eigenvalue weighted by Gasteiger charge is -2.13. The summed E-state index contributed by atoms with van der Waals surface area (Å²) in [5, 5.41) is 0. The molecule has 0 radical (unpaired) electrons. The molecular formula is C13H9F4NO. The van der Waals surface area contributed by atoms with Gasteiger partial charge in [-0.25, -0.2) is 9.37 Å². The van der Waals surface area contributed by atoms with Crippen LogP contribution in [0.15, 0.2) is 36.5 Å². The van der Waals surface area contributed by atoms with E-state index in [0.717, 1.165) is 6.07 Å². The van der Waals surface area contributed by atoms with E-state index in [2.05, 4.69) is 9.72 Å². The zero-order chi connectivity index (χ0) is 14.0. The molecule has 0 aliphatic rings. The SMILES string of the molecule is COc1nccc(-c2ccccc2C(F)(F)F)c1F. The number of hydrogen-bond donors (Lipinski definition) is 0. The average Bonchev–Trinajstić information content (AvgIpc) is 2.38. The first-order chi connectivity index (χ1) is 8.95. The minimum Gasteiger partial charge on any atom is -0.479 e. The maximum Gasteiger partial charge on any atom is 0.417 e. The summed E-state index contributed by atoms with van der Waals surface area (Å²) in [5.41, 5.74) is -1.34. The summed E-state index contributed by atoms with van der Waals surface area (Å²) in [4.78, 5) is 3.60. The fourth-order valence-corrected chi connectivity index (χ4v) is 1.74. The molecular weight excluding hydrogens is 262 g/mol. The Morgan fingerprint density at radius 3 is 2.37 bits per heavy atom. The second kappa shape index (κ2) is 4.87. The number of hydrogen-bond acceptors (Lipinski definition) is 2. The maximum atomic E-state index is 14.0. The van der Waals surface area contributed by atoms with Crippen LogP contribution < -0.4 is 4.74 Å². The molecule has 0 spiro atoms. The number of rotatable bonds is 2. The normalized spacial score (nSPS) is 11.4. The highest BCUT2D eigenvalue weighted by Crippen LogP contribution is 2.38. The first-order valence-electron chi connectivity index (χ1n) is 5.30. The van der Waals surface area contributed by atoms with Gasteiger partial charge in [-0.15, -0.1) is 0 Å². The number of halogens is 4. The molecule has 2 nitrogen and oxygen atoms in total. The summed E-state index contributed by atoms with van der Waals surface area (Å²) < 4.78 is 57.3. The van der Waals surface area contributed by atoms with Gasteiger partial charge in [-0.2, -0.15) is 13.2 Å². The van der Waals surface area contributed by atoms with Gasteiger partial charge in [0.05, 0.1) is 12.7 Å². The summed E-state index contributed by atoms with van der Waals surface area (Å²) in [6, 6.07) is 5.96. The van der Waals surface area contributed by atoms with Gasteiger partial charge < -0.3 is 4.74 Å². The van der Waals surface area contributed by atoms with E-state index < -0.39 is 17.6 Å².